The molecule has 0 saturated carbocycles. The smallest absolute Gasteiger partial charge is 0.0850 e. The number of epoxide rings is 1. The van der Waals surface area contributed by atoms with Crippen LogP contribution in [0.3, 0.4) is 0 Å². The molecule has 2 aromatic rings. The van der Waals surface area contributed by atoms with Gasteiger partial charge in [-0.25, -0.2) is 0 Å². The SMILES string of the molecule is Cn1cc(CC2CO2)c2ccccc21. The van der Waals surface area contributed by atoms with Gasteiger partial charge in [0.1, 0.15) is 0 Å². The molecule has 14 heavy (non-hydrogen) atoms. The fourth-order valence-electron chi connectivity index (χ4n) is 2.02. The highest BCUT2D eigenvalue weighted by atomic mass is 16.6. The van der Waals surface area contributed by atoms with Crippen molar-refractivity contribution < 1.29 is 4.74 Å². The summed E-state index contributed by atoms with van der Waals surface area (Å²) in [6, 6.07) is 8.53. The van der Waals surface area contributed by atoms with Crippen LogP contribution < -0.4 is 0 Å². The first-order chi connectivity index (χ1) is 6.84. The van der Waals surface area contributed by atoms with Gasteiger partial charge in [0.2, 0.25) is 0 Å². The summed E-state index contributed by atoms with van der Waals surface area (Å²) in [6.45, 7) is 0.934. The summed E-state index contributed by atoms with van der Waals surface area (Å²) in [5.41, 5.74) is 2.72. The third-order valence-corrected chi connectivity index (χ3v) is 2.83. The molecular formula is C12H13NO. The van der Waals surface area contributed by atoms with Crippen molar-refractivity contribution >= 4 is 10.9 Å². The van der Waals surface area contributed by atoms with E-state index in [1.54, 1.807) is 0 Å². The lowest BCUT2D eigenvalue weighted by molar-refractivity contribution is 0.408. The Hall–Kier alpha value is -1.28. The Bertz CT molecular complexity index is 468. The predicted octanol–water partition coefficient (Wildman–Crippen LogP) is 2.12. The molecule has 1 unspecified atom stereocenters. The van der Waals surface area contributed by atoms with Gasteiger partial charge in [-0.3, -0.25) is 0 Å². The van der Waals surface area contributed by atoms with Crippen LogP contribution in [0, 0.1) is 0 Å². The van der Waals surface area contributed by atoms with Crippen LogP contribution in [0.1, 0.15) is 5.56 Å². The molecule has 0 amide bonds. The zero-order valence-corrected chi connectivity index (χ0v) is 8.23. The number of nitrogens with zero attached hydrogens (tertiary/aromatic N) is 1. The number of benzene rings is 1. The molecule has 1 saturated heterocycles. The third-order valence-electron chi connectivity index (χ3n) is 2.83. The van der Waals surface area contributed by atoms with E-state index in [1.807, 2.05) is 0 Å². The summed E-state index contributed by atoms with van der Waals surface area (Å²) in [7, 11) is 2.10. The molecule has 1 aromatic heterocycles. The average molecular weight is 187 g/mol. The largest absolute Gasteiger partial charge is 0.373 e. The summed E-state index contributed by atoms with van der Waals surface area (Å²) >= 11 is 0. The maximum atomic E-state index is 5.26. The number of hydrogen-bond acceptors (Lipinski definition) is 1. The van der Waals surface area contributed by atoms with Gasteiger partial charge in [-0.1, -0.05) is 18.2 Å². The second-order valence-electron chi connectivity index (χ2n) is 3.94. The van der Waals surface area contributed by atoms with Gasteiger partial charge in [-0.05, 0) is 11.6 Å². The van der Waals surface area contributed by atoms with Gasteiger partial charge in [0, 0.05) is 30.6 Å². The highest BCUT2D eigenvalue weighted by molar-refractivity contribution is 5.83. The number of hydrogen-bond donors (Lipinski definition) is 0. The Morgan fingerprint density at radius 3 is 3.00 bits per heavy atom. The zero-order chi connectivity index (χ0) is 9.54. The van der Waals surface area contributed by atoms with Gasteiger partial charge in [0.15, 0.2) is 0 Å². The van der Waals surface area contributed by atoms with Crippen molar-refractivity contribution in [2.45, 2.75) is 12.5 Å². The Balaban J connectivity index is 2.12. The number of rotatable bonds is 2. The van der Waals surface area contributed by atoms with Gasteiger partial charge in [-0.15, -0.1) is 0 Å². The van der Waals surface area contributed by atoms with Crippen molar-refractivity contribution in [3.05, 3.63) is 36.0 Å². The minimum absolute atomic E-state index is 0.473. The number of aromatic nitrogens is 1. The lowest BCUT2D eigenvalue weighted by Gasteiger charge is -1.94. The molecule has 72 valence electrons. The molecule has 2 heterocycles. The van der Waals surface area contributed by atoms with Crippen LogP contribution in [0.15, 0.2) is 30.5 Å². The van der Waals surface area contributed by atoms with Gasteiger partial charge < -0.3 is 9.30 Å². The van der Waals surface area contributed by atoms with E-state index in [2.05, 4.69) is 42.1 Å². The summed E-state index contributed by atoms with van der Waals surface area (Å²) in [5, 5.41) is 1.37. The number of para-hydroxylation sites is 1. The van der Waals surface area contributed by atoms with Crippen LogP contribution in [0.4, 0.5) is 0 Å². The predicted molar refractivity (Wildman–Crippen MR) is 56.4 cm³/mol. The van der Waals surface area contributed by atoms with Crippen molar-refractivity contribution in [1.29, 1.82) is 0 Å². The Morgan fingerprint density at radius 2 is 2.21 bits per heavy atom. The van der Waals surface area contributed by atoms with Gasteiger partial charge in [0.25, 0.3) is 0 Å². The average Bonchev–Trinajstić information content (AvgIpc) is 2.95. The molecule has 0 aliphatic carbocycles. The quantitative estimate of drug-likeness (QED) is 0.658. The minimum atomic E-state index is 0.473. The van der Waals surface area contributed by atoms with Crippen molar-refractivity contribution in [3.63, 3.8) is 0 Å². The molecule has 1 aliphatic rings. The van der Waals surface area contributed by atoms with Crippen molar-refractivity contribution in [1.82, 2.24) is 4.57 Å². The van der Waals surface area contributed by atoms with Crippen molar-refractivity contribution in [3.8, 4) is 0 Å². The second kappa shape index (κ2) is 2.85. The molecule has 0 N–H and O–H groups in total. The van der Waals surface area contributed by atoms with E-state index in [4.69, 9.17) is 4.74 Å². The zero-order valence-electron chi connectivity index (χ0n) is 8.23. The maximum absolute atomic E-state index is 5.26. The van der Waals surface area contributed by atoms with Gasteiger partial charge in [0.05, 0.1) is 12.7 Å². The topological polar surface area (TPSA) is 17.5 Å². The first-order valence-corrected chi connectivity index (χ1v) is 4.99. The first kappa shape index (κ1) is 8.06. The summed E-state index contributed by atoms with van der Waals surface area (Å²) < 4.78 is 7.45. The molecule has 0 bridgehead atoms. The van der Waals surface area contributed by atoms with Crippen LogP contribution in [-0.4, -0.2) is 17.3 Å². The van der Waals surface area contributed by atoms with E-state index in [1.165, 1.54) is 16.5 Å². The number of fused-ring (bicyclic) bond motifs is 1. The second-order valence-corrected chi connectivity index (χ2v) is 3.94. The Labute approximate surface area is 83.1 Å². The fraction of sp³-hybridized carbons (Fsp3) is 0.333. The highest BCUT2D eigenvalue weighted by Gasteiger charge is 2.24. The molecular weight excluding hydrogens is 174 g/mol. The molecule has 1 aromatic carbocycles. The van der Waals surface area contributed by atoms with Crippen LogP contribution in [0.5, 0.6) is 0 Å². The van der Waals surface area contributed by atoms with Crippen LogP contribution >= 0.6 is 0 Å². The van der Waals surface area contributed by atoms with Crippen molar-refractivity contribution in [2.75, 3.05) is 6.61 Å². The maximum Gasteiger partial charge on any atom is 0.0850 e. The molecule has 1 fully saturated rings. The van der Waals surface area contributed by atoms with E-state index in [-0.39, 0.29) is 0 Å². The molecule has 1 atom stereocenters. The third kappa shape index (κ3) is 1.23. The van der Waals surface area contributed by atoms with Crippen LogP contribution in [0.25, 0.3) is 10.9 Å². The van der Waals surface area contributed by atoms with E-state index in [9.17, 15) is 0 Å². The monoisotopic (exact) mass is 187 g/mol. The molecule has 3 rings (SSSR count). The van der Waals surface area contributed by atoms with Crippen LogP contribution in [-0.2, 0) is 18.2 Å². The molecule has 2 heteroatoms. The number of aryl methyl sites for hydroxylation is 1. The summed E-state index contributed by atoms with van der Waals surface area (Å²) in [6.07, 6.45) is 3.74. The molecule has 1 aliphatic heterocycles. The van der Waals surface area contributed by atoms with Crippen molar-refractivity contribution in [2.24, 2.45) is 7.05 Å². The summed E-state index contributed by atoms with van der Waals surface area (Å²) in [4.78, 5) is 0. The Morgan fingerprint density at radius 1 is 1.43 bits per heavy atom. The van der Waals surface area contributed by atoms with Crippen LogP contribution in [0.2, 0.25) is 0 Å². The lowest BCUT2D eigenvalue weighted by Crippen LogP contribution is -1.91. The van der Waals surface area contributed by atoms with E-state index < -0.39 is 0 Å². The van der Waals surface area contributed by atoms with Gasteiger partial charge in [-0.2, -0.15) is 0 Å². The van der Waals surface area contributed by atoms with E-state index in [0.717, 1.165) is 13.0 Å². The molecule has 0 radical (unpaired) electrons. The van der Waals surface area contributed by atoms with Gasteiger partial charge >= 0.3 is 0 Å². The normalized spacial score (nSPS) is 20.2. The van der Waals surface area contributed by atoms with E-state index >= 15 is 0 Å². The number of ether oxygens (including phenoxy) is 1. The standard InChI is InChI=1S/C12H13NO/c1-13-7-9(6-10-8-14-10)11-4-2-3-5-12(11)13/h2-5,7,10H,6,8H2,1H3. The first-order valence-electron chi connectivity index (χ1n) is 4.99. The molecule has 0 spiro atoms. The summed E-state index contributed by atoms with van der Waals surface area (Å²) in [5.74, 6) is 0. The fourth-order valence-corrected chi connectivity index (χ4v) is 2.02. The lowest BCUT2D eigenvalue weighted by atomic mass is 10.1. The highest BCUT2D eigenvalue weighted by Crippen LogP contribution is 2.24. The minimum Gasteiger partial charge on any atom is -0.373 e. The van der Waals surface area contributed by atoms with E-state index in [0.29, 0.717) is 6.10 Å². The molecule has 2 nitrogen and oxygen atoms in total. The Kier molecular flexibility index (Phi) is 1.64.